The summed E-state index contributed by atoms with van der Waals surface area (Å²) in [6.07, 6.45) is 1.27. The number of carbonyl (C=O) groups excluding carboxylic acids is 1. The van der Waals surface area contributed by atoms with E-state index in [2.05, 4.69) is 4.90 Å². The van der Waals surface area contributed by atoms with Gasteiger partial charge in [0, 0.05) is 32.7 Å². The first kappa shape index (κ1) is 16.1. The summed E-state index contributed by atoms with van der Waals surface area (Å²) in [5.74, 6) is 0.835. The SMILES string of the molecule is COc1cc2c(cc1N)CCN(CCN1CCOCC1)C(=O)C2. The summed E-state index contributed by atoms with van der Waals surface area (Å²) >= 11 is 0. The van der Waals surface area contributed by atoms with Gasteiger partial charge in [0.25, 0.3) is 0 Å². The van der Waals surface area contributed by atoms with E-state index in [-0.39, 0.29) is 5.91 Å². The van der Waals surface area contributed by atoms with Crippen LogP contribution in [-0.4, -0.2) is 68.8 Å². The number of rotatable bonds is 4. The first-order valence-corrected chi connectivity index (χ1v) is 8.20. The van der Waals surface area contributed by atoms with Crippen molar-refractivity contribution in [1.29, 1.82) is 0 Å². The van der Waals surface area contributed by atoms with Crippen LogP contribution in [0.4, 0.5) is 5.69 Å². The van der Waals surface area contributed by atoms with E-state index >= 15 is 0 Å². The number of nitrogens with zero attached hydrogens (tertiary/aromatic N) is 2. The van der Waals surface area contributed by atoms with Gasteiger partial charge in [0.05, 0.1) is 32.4 Å². The zero-order valence-electron chi connectivity index (χ0n) is 13.7. The molecule has 126 valence electrons. The minimum atomic E-state index is 0.184. The van der Waals surface area contributed by atoms with E-state index in [1.807, 2.05) is 17.0 Å². The third-order valence-corrected chi connectivity index (χ3v) is 4.69. The number of fused-ring (bicyclic) bond motifs is 1. The molecule has 0 unspecified atom stereocenters. The summed E-state index contributed by atoms with van der Waals surface area (Å²) in [4.78, 5) is 16.9. The number of ether oxygens (including phenoxy) is 2. The highest BCUT2D eigenvalue weighted by molar-refractivity contribution is 5.80. The number of morpholine rings is 1. The minimum Gasteiger partial charge on any atom is -0.495 e. The molecule has 6 nitrogen and oxygen atoms in total. The highest BCUT2D eigenvalue weighted by Gasteiger charge is 2.22. The lowest BCUT2D eigenvalue weighted by atomic mass is 10.0. The van der Waals surface area contributed by atoms with Crippen LogP contribution in [0.3, 0.4) is 0 Å². The molecule has 2 aliphatic heterocycles. The van der Waals surface area contributed by atoms with Gasteiger partial charge in [0.2, 0.25) is 5.91 Å². The second-order valence-electron chi connectivity index (χ2n) is 6.12. The number of amides is 1. The fourth-order valence-corrected chi connectivity index (χ4v) is 3.24. The molecule has 2 N–H and O–H groups in total. The normalized spacial score (nSPS) is 19.3. The third kappa shape index (κ3) is 3.76. The molecule has 0 radical (unpaired) electrons. The van der Waals surface area contributed by atoms with Crippen molar-refractivity contribution in [2.24, 2.45) is 0 Å². The summed E-state index contributed by atoms with van der Waals surface area (Å²) in [7, 11) is 1.60. The maximum absolute atomic E-state index is 12.5. The molecular formula is C17H25N3O3. The lowest BCUT2D eigenvalue weighted by Gasteiger charge is -2.29. The van der Waals surface area contributed by atoms with Crippen LogP contribution in [-0.2, 0) is 22.4 Å². The quantitative estimate of drug-likeness (QED) is 0.820. The Morgan fingerprint density at radius 1 is 1.17 bits per heavy atom. The second kappa shape index (κ2) is 7.19. The minimum absolute atomic E-state index is 0.184. The predicted molar refractivity (Wildman–Crippen MR) is 88.7 cm³/mol. The summed E-state index contributed by atoms with van der Waals surface area (Å²) in [5, 5.41) is 0. The van der Waals surface area contributed by atoms with Crippen LogP contribution in [0.5, 0.6) is 5.75 Å². The average molecular weight is 319 g/mol. The number of nitrogen functional groups attached to an aromatic ring is 1. The van der Waals surface area contributed by atoms with Gasteiger partial charge in [-0.3, -0.25) is 9.69 Å². The van der Waals surface area contributed by atoms with E-state index in [4.69, 9.17) is 15.2 Å². The molecule has 1 amide bonds. The molecule has 0 aromatic heterocycles. The summed E-state index contributed by atoms with van der Waals surface area (Å²) in [5.41, 5.74) is 8.82. The number of hydrogen-bond acceptors (Lipinski definition) is 5. The maximum Gasteiger partial charge on any atom is 0.227 e. The first-order chi connectivity index (χ1) is 11.2. The molecule has 2 heterocycles. The molecule has 3 rings (SSSR count). The molecule has 6 heteroatoms. The van der Waals surface area contributed by atoms with E-state index in [0.717, 1.165) is 63.5 Å². The number of carbonyl (C=O) groups is 1. The molecule has 0 spiro atoms. The Balaban J connectivity index is 1.64. The van der Waals surface area contributed by atoms with Crippen LogP contribution >= 0.6 is 0 Å². The Kier molecular flexibility index (Phi) is 5.03. The molecular weight excluding hydrogens is 294 g/mol. The zero-order chi connectivity index (χ0) is 16.2. The van der Waals surface area contributed by atoms with Gasteiger partial charge in [0.15, 0.2) is 0 Å². The van der Waals surface area contributed by atoms with E-state index < -0.39 is 0 Å². The van der Waals surface area contributed by atoms with Crippen molar-refractivity contribution in [2.75, 3.05) is 58.8 Å². The maximum atomic E-state index is 12.5. The Morgan fingerprint density at radius 2 is 1.96 bits per heavy atom. The molecule has 1 fully saturated rings. The Bertz CT molecular complexity index is 570. The van der Waals surface area contributed by atoms with Gasteiger partial charge in [-0.2, -0.15) is 0 Å². The van der Waals surface area contributed by atoms with Gasteiger partial charge < -0.3 is 20.1 Å². The number of nitrogens with two attached hydrogens (primary N) is 1. The van der Waals surface area contributed by atoms with Crippen molar-refractivity contribution < 1.29 is 14.3 Å². The standard InChI is InChI=1S/C17H25N3O3/c1-22-16-11-14-12-17(21)20(3-2-13(14)10-15(16)18)5-4-19-6-8-23-9-7-19/h10-11H,2-9,12,18H2,1H3. The number of methoxy groups -OCH3 is 1. The highest BCUT2D eigenvalue weighted by Crippen LogP contribution is 2.28. The fourth-order valence-electron chi connectivity index (χ4n) is 3.24. The molecule has 1 saturated heterocycles. The number of benzene rings is 1. The molecule has 1 aromatic carbocycles. The van der Waals surface area contributed by atoms with Crippen molar-refractivity contribution in [2.45, 2.75) is 12.8 Å². The van der Waals surface area contributed by atoms with Crippen molar-refractivity contribution in [3.05, 3.63) is 23.3 Å². The molecule has 23 heavy (non-hydrogen) atoms. The van der Waals surface area contributed by atoms with Gasteiger partial charge in [-0.1, -0.05) is 0 Å². The highest BCUT2D eigenvalue weighted by atomic mass is 16.5. The van der Waals surface area contributed by atoms with E-state index in [0.29, 0.717) is 17.9 Å². The Morgan fingerprint density at radius 3 is 2.70 bits per heavy atom. The van der Waals surface area contributed by atoms with Crippen molar-refractivity contribution in [3.8, 4) is 5.75 Å². The summed E-state index contributed by atoms with van der Waals surface area (Å²) in [6.45, 7) is 5.93. The Labute approximate surface area is 137 Å². The largest absolute Gasteiger partial charge is 0.495 e. The Hall–Kier alpha value is -1.79. The van der Waals surface area contributed by atoms with Gasteiger partial charge in [-0.15, -0.1) is 0 Å². The second-order valence-corrected chi connectivity index (χ2v) is 6.12. The topological polar surface area (TPSA) is 68.0 Å². The zero-order valence-corrected chi connectivity index (χ0v) is 13.7. The van der Waals surface area contributed by atoms with Crippen LogP contribution in [0, 0.1) is 0 Å². The van der Waals surface area contributed by atoms with Crippen LogP contribution in [0.15, 0.2) is 12.1 Å². The van der Waals surface area contributed by atoms with Crippen molar-refractivity contribution in [3.63, 3.8) is 0 Å². The fraction of sp³-hybridized carbons (Fsp3) is 0.588. The van der Waals surface area contributed by atoms with Gasteiger partial charge in [0.1, 0.15) is 5.75 Å². The third-order valence-electron chi connectivity index (χ3n) is 4.69. The lowest BCUT2D eigenvalue weighted by molar-refractivity contribution is -0.130. The molecule has 0 atom stereocenters. The van der Waals surface area contributed by atoms with E-state index in [1.54, 1.807) is 7.11 Å². The summed E-state index contributed by atoms with van der Waals surface area (Å²) in [6, 6.07) is 3.86. The van der Waals surface area contributed by atoms with Crippen LogP contribution in [0.2, 0.25) is 0 Å². The molecule has 0 bridgehead atoms. The van der Waals surface area contributed by atoms with E-state index in [1.165, 1.54) is 0 Å². The number of hydrogen-bond donors (Lipinski definition) is 1. The molecule has 2 aliphatic rings. The monoisotopic (exact) mass is 319 g/mol. The number of anilines is 1. The average Bonchev–Trinajstić information content (AvgIpc) is 2.71. The van der Waals surface area contributed by atoms with Crippen molar-refractivity contribution >= 4 is 11.6 Å². The molecule has 0 saturated carbocycles. The van der Waals surface area contributed by atoms with Gasteiger partial charge in [-0.05, 0) is 29.7 Å². The smallest absolute Gasteiger partial charge is 0.227 e. The van der Waals surface area contributed by atoms with Crippen LogP contribution in [0.25, 0.3) is 0 Å². The predicted octanol–water partition coefficient (Wildman–Crippen LogP) is 0.537. The van der Waals surface area contributed by atoms with Crippen molar-refractivity contribution in [1.82, 2.24) is 9.80 Å². The van der Waals surface area contributed by atoms with E-state index in [9.17, 15) is 4.79 Å². The summed E-state index contributed by atoms with van der Waals surface area (Å²) < 4.78 is 10.6. The van der Waals surface area contributed by atoms with Gasteiger partial charge >= 0.3 is 0 Å². The first-order valence-electron chi connectivity index (χ1n) is 8.20. The molecule has 0 aliphatic carbocycles. The molecule has 1 aromatic rings. The van der Waals surface area contributed by atoms with Crippen LogP contribution < -0.4 is 10.5 Å². The lowest BCUT2D eigenvalue weighted by Crippen LogP contribution is -2.43. The van der Waals surface area contributed by atoms with Crippen LogP contribution in [0.1, 0.15) is 11.1 Å². The van der Waals surface area contributed by atoms with Gasteiger partial charge in [-0.25, -0.2) is 0 Å².